The number of hydrogen-bond acceptors (Lipinski definition) is 5. The number of carbonyl (C=O) groups excluding carboxylic acids is 3. The smallest absolute Gasteiger partial charge is 0.249 e. The highest BCUT2D eigenvalue weighted by Crippen LogP contribution is 2.29. The zero-order chi connectivity index (χ0) is 32.8. The van der Waals surface area contributed by atoms with Crippen LogP contribution in [0.3, 0.4) is 0 Å². The van der Waals surface area contributed by atoms with Crippen LogP contribution in [0.25, 0.3) is 0 Å². The van der Waals surface area contributed by atoms with Crippen LogP contribution < -0.4 is 10.6 Å². The lowest BCUT2D eigenvalue weighted by molar-refractivity contribution is -0.141. The normalized spacial score (nSPS) is 20.5. The van der Waals surface area contributed by atoms with E-state index in [-0.39, 0.29) is 35.7 Å². The van der Waals surface area contributed by atoms with Crippen molar-refractivity contribution < 1.29 is 14.4 Å². The van der Waals surface area contributed by atoms with Gasteiger partial charge in [-0.25, -0.2) is 0 Å². The van der Waals surface area contributed by atoms with Gasteiger partial charge in [0.05, 0.1) is 12.1 Å². The monoisotopic (exact) mass is 609 g/mol. The van der Waals surface area contributed by atoms with Crippen molar-refractivity contribution in [2.75, 3.05) is 40.3 Å². The third-order valence-corrected chi connectivity index (χ3v) is 9.73. The van der Waals surface area contributed by atoms with E-state index in [4.69, 9.17) is 0 Å². The first kappa shape index (κ1) is 35.8. The third-order valence-electron chi connectivity index (χ3n) is 9.73. The summed E-state index contributed by atoms with van der Waals surface area (Å²) in [6.07, 6.45) is 6.53. The molecule has 2 aliphatic heterocycles. The minimum atomic E-state index is -0.753. The molecule has 0 spiro atoms. The molecule has 246 valence electrons. The lowest BCUT2D eigenvalue weighted by Crippen LogP contribution is -2.61. The predicted molar refractivity (Wildman–Crippen MR) is 179 cm³/mol. The van der Waals surface area contributed by atoms with Crippen molar-refractivity contribution in [1.29, 1.82) is 0 Å². The van der Waals surface area contributed by atoms with E-state index < -0.39 is 22.9 Å². The molecule has 2 unspecified atom stereocenters. The van der Waals surface area contributed by atoms with E-state index in [1.54, 1.807) is 19.0 Å². The number of benzene rings is 1. The Bertz CT molecular complexity index is 1150. The number of carbonyl (C=O) groups is 3. The van der Waals surface area contributed by atoms with E-state index >= 15 is 0 Å². The SMILES string of the molecule is CN[C@H](C(=O)NC(C(=O)N(C)[C@H](/C=C(\C)C(=O)N1CCCC1CN1CCCC1)C(C)C)C(C)(C)C)C(C)(C)c1ccccc1. The molecular weight excluding hydrogens is 550 g/mol. The molecule has 0 aliphatic carbocycles. The van der Waals surface area contributed by atoms with Crippen LogP contribution in [0.2, 0.25) is 0 Å². The van der Waals surface area contributed by atoms with E-state index in [0.717, 1.165) is 44.6 Å². The molecule has 8 nitrogen and oxygen atoms in total. The van der Waals surface area contributed by atoms with Crippen LogP contribution in [0.4, 0.5) is 0 Å². The summed E-state index contributed by atoms with van der Waals surface area (Å²) in [5.41, 5.74) is 0.661. The average Bonchev–Trinajstić information content (AvgIpc) is 3.66. The van der Waals surface area contributed by atoms with Gasteiger partial charge in [0, 0.05) is 37.2 Å². The fraction of sp³-hybridized carbons (Fsp3) is 0.694. The minimum Gasteiger partial charge on any atom is -0.342 e. The largest absolute Gasteiger partial charge is 0.342 e. The van der Waals surface area contributed by atoms with Gasteiger partial charge in [-0.15, -0.1) is 0 Å². The van der Waals surface area contributed by atoms with Crippen molar-refractivity contribution in [2.24, 2.45) is 11.3 Å². The molecule has 0 bridgehead atoms. The van der Waals surface area contributed by atoms with Crippen molar-refractivity contribution >= 4 is 17.7 Å². The molecule has 0 saturated carbocycles. The molecule has 0 aromatic heterocycles. The molecule has 3 rings (SSSR count). The van der Waals surface area contributed by atoms with Gasteiger partial charge >= 0.3 is 0 Å². The van der Waals surface area contributed by atoms with E-state index in [1.807, 2.05) is 82.9 Å². The lowest BCUT2D eigenvalue weighted by atomic mass is 9.76. The van der Waals surface area contributed by atoms with E-state index in [2.05, 4.69) is 29.4 Å². The molecule has 44 heavy (non-hydrogen) atoms. The first-order valence-corrected chi connectivity index (χ1v) is 16.6. The summed E-state index contributed by atoms with van der Waals surface area (Å²) in [6, 6.07) is 8.61. The van der Waals surface area contributed by atoms with Crippen molar-refractivity contribution in [3.8, 4) is 0 Å². The average molecular weight is 610 g/mol. The fourth-order valence-electron chi connectivity index (χ4n) is 6.94. The molecule has 1 aromatic rings. The number of nitrogens with zero attached hydrogens (tertiary/aromatic N) is 3. The quantitative estimate of drug-likeness (QED) is 0.339. The molecule has 8 heteroatoms. The Hall–Kier alpha value is -2.71. The summed E-state index contributed by atoms with van der Waals surface area (Å²) >= 11 is 0. The Labute approximate surface area is 267 Å². The van der Waals surface area contributed by atoms with Crippen molar-refractivity contribution in [1.82, 2.24) is 25.3 Å². The number of likely N-dealkylation sites (N-methyl/N-ethyl adjacent to an activating group) is 2. The van der Waals surface area contributed by atoms with Gasteiger partial charge in [-0.3, -0.25) is 14.4 Å². The molecule has 4 atom stereocenters. The minimum absolute atomic E-state index is 0.0684. The van der Waals surface area contributed by atoms with Crippen LogP contribution in [0.5, 0.6) is 0 Å². The standard InChI is InChI=1S/C36H59N5O3/c1-25(2)29(23-26(3)33(43)41-22-16-19-28(41)24-40-20-14-15-21-40)39(10)34(44)31(35(4,5)6)38-32(42)30(37-9)36(7,8)27-17-12-11-13-18-27/h11-13,17-18,23,25,28-31,37H,14-16,19-22,24H2,1-10H3,(H,38,42)/b26-23+/t28?,29-,30-,31?/m1/s1. The number of likely N-dealkylation sites (tertiary alicyclic amines) is 2. The molecule has 2 saturated heterocycles. The van der Waals surface area contributed by atoms with Crippen LogP contribution in [0.15, 0.2) is 42.0 Å². The van der Waals surface area contributed by atoms with Gasteiger partial charge in [0.1, 0.15) is 6.04 Å². The molecule has 2 heterocycles. The highest BCUT2D eigenvalue weighted by molar-refractivity contribution is 5.94. The summed E-state index contributed by atoms with van der Waals surface area (Å²) < 4.78 is 0. The lowest BCUT2D eigenvalue weighted by Gasteiger charge is -2.40. The Morgan fingerprint density at radius 3 is 2.14 bits per heavy atom. The molecule has 3 amide bonds. The van der Waals surface area contributed by atoms with Crippen molar-refractivity contribution in [3.63, 3.8) is 0 Å². The Balaban J connectivity index is 1.79. The van der Waals surface area contributed by atoms with Gasteiger partial charge in [-0.1, -0.05) is 84.9 Å². The summed E-state index contributed by atoms with van der Waals surface area (Å²) in [4.78, 5) is 48.0. The third kappa shape index (κ3) is 8.51. The van der Waals surface area contributed by atoms with E-state index in [9.17, 15) is 14.4 Å². The topological polar surface area (TPSA) is 85.0 Å². The summed E-state index contributed by atoms with van der Waals surface area (Å²) in [5.74, 6) is -0.242. The first-order chi connectivity index (χ1) is 20.6. The van der Waals surface area contributed by atoms with Crippen molar-refractivity contribution in [2.45, 2.75) is 111 Å². The van der Waals surface area contributed by atoms with Crippen LogP contribution in [-0.2, 0) is 19.8 Å². The molecule has 2 aliphatic rings. The van der Waals surface area contributed by atoms with Gasteiger partial charge < -0.3 is 25.3 Å². The number of rotatable bonds is 12. The van der Waals surface area contributed by atoms with Gasteiger partial charge in [0.25, 0.3) is 0 Å². The van der Waals surface area contributed by atoms with Crippen LogP contribution >= 0.6 is 0 Å². The Morgan fingerprint density at radius 1 is 0.977 bits per heavy atom. The van der Waals surface area contributed by atoms with Gasteiger partial charge in [0.2, 0.25) is 17.7 Å². The second-order valence-electron chi connectivity index (χ2n) is 15.0. The number of hydrogen-bond donors (Lipinski definition) is 2. The molecule has 1 aromatic carbocycles. The second-order valence-corrected chi connectivity index (χ2v) is 15.0. The maximum absolute atomic E-state index is 14.2. The van der Waals surface area contributed by atoms with Crippen LogP contribution in [0.1, 0.15) is 86.6 Å². The summed E-state index contributed by atoms with van der Waals surface area (Å²) in [6.45, 7) is 20.0. The molecular formula is C36H59N5O3. The molecule has 0 radical (unpaired) electrons. The first-order valence-electron chi connectivity index (χ1n) is 16.6. The zero-order valence-electron chi connectivity index (χ0n) is 29.1. The van der Waals surface area contributed by atoms with E-state index in [1.165, 1.54) is 12.8 Å². The van der Waals surface area contributed by atoms with Crippen molar-refractivity contribution in [3.05, 3.63) is 47.5 Å². The maximum atomic E-state index is 14.2. The Kier molecular flexibility index (Phi) is 12.2. The fourth-order valence-corrected chi connectivity index (χ4v) is 6.94. The summed E-state index contributed by atoms with van der Waals surface area (Å²) in [5, 5.41) is 6.33. The Morgan fingerprint density at radius 2 is 1.59 bits per heavy atom. The van der Waals surface area contributed by atoms with Gasteiger partial charge in [0.15, 0.2) is 0 Å². The highest BCUT2D eigenvalue weighted by atomic mass is 16.2. The van der Waals surface area contributed by atoms with Crippen LogP contribution in [-0.4, -0.2) is 96.9 Å². The molecule has 2 fully saturated rings. The van der Waals surface area contributed by atoms with Crippen LogP contribution in [0, 0.1) is 11.3 Å². The zero-order valence-corrected chi connectivity index (χ0v) is 29.1. The second kappa shape index (κ2) is 15.0. The number of amides is 3. The molecule has 2 N–H and O–H groups in total. The van der Waals surface area contributed by atoms with Gasteiger partial charge in [-0.2, -0.15) is 0 Å². The number of nitrogens with one attached hydrogen (secondary N) is 2. The van der Waals surface area contributed by atoms with Gasteiger partial charge in [-0.05, 0) is 69.6 Å². The highest BCUT2D eigenvalue weighted by Gasteiger charge is 2.42. The van der Waals surface area contributed by atoms with E-state index in [0.29, 0.717) is 5.57 Å². The summed E-state index contributed by atoms with van der Waals surface area (Å²) in [7, 11) is 3.58. The predicted octanol–water partition coefficient (Wildman–Crippen LogP) is 4.60. The maximum Gasteiger partial charge on any atom is 0.249 e.